The lowest BCUT2D eigenvalue weighted by Gasteiger charge is -2.32. The Morgan fingerprint density at radius 2 is 1.72 bits per heavy atom. The number of hydrogen-bond acceptors (Lipinski definition) is 5. The van der Waals surface area contributed by atoms with Crippen LogP contribution in [0.5, 0.6) is 5.75 Å². The van der Waals surface area contributed by atoms with E-state index in [4.69, 9.17) is 9.72 Å². The van der Waals surface area contributed by atoms with Crippen LogP contribution in [0.15, 0.2) is 48.5 Å². The molecule has 1 saturated carbocycles. The Balaban J connectivity index is 1.78. The van der Waals surface area contributed by atoms with Crippen molar-refractivity contribution < 1.29 is 4.74 Å². The summed E-state index contributed by atoms with van der Waals surface area (Å²) in [7, 11) is 3.84. The Bertz CT molecular complexity index is 1160. The summed E-state index contributed by atoms with van der Waals surface area (Å²) in [6.45, 7) is 0. The van der Waals surface area contributed by atoms with Crippen molar-refractivity contribution in [2.24, 2.45) is 0 Å². The fraction of sp³-hybridized carbons (Fsp3) is 0.348. The molecule has 0 spiro atoms. The second-order valence-corrected chi connectivity index (χ2v) is 7.71. The van der Waals surface area contributed by atoms with E-state index in [0.29, 0.717) is 6.04 Å². The van der Waals surface area contributed by atoms with Gasteiger partial charge in [-0.15, -0.1) is 10.2 Å². The van der Waals surface area contributed by atoms with Gasteiger partial charge in [0.15, 0.2) is 11.5 Å². The third-order valence-electron chi connectivity index (χ3n) is 6.01. The van der Waals surface area contributed by atoms with Crippen molar-refractivity contribution in [3.8, 4) is 17.1 Å². The van der Waals surface area contributed by atoms with Crippen LogP contribution >= 0.6 is 0 Å². The topological polar surface area (TPSA) is 55.6 Å². The minimum atomic E-state index is 0.480. The zero-order valence-corrected chi connectivity index (χ0v) is 16.9. The highest BCUT2D eigenvalue weighted by Gasteiger charge is 2.25. The smallest absolute Gasteiger partial charge is 0.213 e. The summed E-state index contributed by atoms with van der Waals surface area (Å²) in [6, 6.07) is 16.6. The second kappa shape index (κ2) is 7.35. The highest BCUT2D eigenvalue weighted by Crippen LogP contribution is 2.34. The molecule has 0 atom stereocenters. The first-order valence-electron chi connectivity index (χ1n) is 10.3. The van der Waals surface area contributed by atoms with Crippen molar-refractivity contribution in [2.75, 3.05) is 19.1 Å². The molecule has 4 aromatic rings. The summed E-state index contributed by atoms with van der Waals surface area (Å²) < 4.78 is 7.70. The standard InChI is InChI=1S/C23H25N5O/c1-27(16-10-4-3-5-11-16)23-24-19-14-8-6-12-17(19)21-25-26-22(28(21)23)18-13-7-9-15-20(18)29-2/h6-9,12-16H,3-5,10-11H2,1-2H3. The number of ether oxygens (including phenoxy) is 1. The van der Waals surface area contributed by atoms with Crippen LogP contribution in [0.1, 0.15) is 32.1 Å². The third kappa shape index (κ3) is 2.99. The number of methoxy groups -OCH3 is 1. The van der Waals surface area contributed by atoms with Gasteiger partial charge in [0, 0.05) is 18.5 Å². The molecular weight excluding hydrogens is 362 g/mol. The van der Waals surface area contributed by atoms with E-state index >= 15 is 0 Å². The van der Waals surface area contributed by atoms with Crippen LogP contribution in [-0.4, -0.2) is 39.8 Å². The van der Waals surface area contributed by atoms with Gasteiger partial charge in [-0.1, -0.05) is 43.5 Å². The predicted molar refractivity (Wildman–Crippen MR) is 116 cm³/mol. The first kappa shape index (κ1) is 17.9. The van der Waals surface area contributed by atoms with Crippen molar-refractivity contribution >= 4 is 22.5 Å². The molecular formula is C23H25N5O. The number of anilines is 1. The summed E-state index contributed by atoms with van der Waals surface area (Å²) in [6.07, 6.45) is 6.25. The maximum Gasteiger partial charge on any atom is 0.213 e. The SMILES string of the molecule is COc1ccccc1-c1nnc2c3ccccc3nc(N(C)C3CCCCC3)n12. The molecule has 6 heteroatoms. The summed E-state index contributed by atoms with van der Waals surface area (Å²) in [5.74, 6) is 2.42. The molecule has 2 heterocycles. The van der Waals surface area contributed by atoms with E-state index in [1.54, 1.807) is 7.11 Å². The third-order valence-corrected chi connectivity index (χ3v) is 6.01. The van der Waals surface area contributed by atoms with Crippen LogP contribution in [0.3, 0.4) is 0 Å². The minimum absolute atomic E-state index is 0.480. The summed E-state index contributed by atoms with van der Waals surface area (Å²) in [4.78, 5) is 7.38. The number of benzene rings is 2. The van der Waals surface area contributed by atoms with E-state index in [9.17, 15) is 0 Å². The lowest BCUT2D eigenvalue weighted by atomic mass is 9.95. The predicted octanol–water partition coefficient (Wildman–Crippen LogP) is 4.72. The maximum absolute atomic E-state index is 5.61. The van der Waals surface area contributed by atoms with Crippen molar-refractivity contribution in [3.63, 3.8) is 0 Å². The zero-order chi connectivity index (χ0) is 19.8. The van der Waals surface area contributed by atoms with Crippen LogP contribution in [0, 0.1) is 0 Å². The molecule has 148 valence electrons. The van der Waals surface area contributed by atoms with E-state index < -0.39 is 0 Å². The van der Waals surface area contributed by atoms with Gasteiger partial charge in [-0.25, -0.2) is 9.38 Å². The Labute approximate surface area is 170 Å². The maximum atomic E-state index is 5.61. The molecule has 2 aromatic carbocycles. The first-order valence-corrected chi connectivity index (χ1v) is 10.3. The van der Waals surface area contributed by atoms with E-state index in [1.165, 1.54) is 32.1 Å². The van der Waals surface area contributed by atoms with Gasteiger partial charge >= 0.3 is 0 Å². The summed E-state index contributed by atoms with van der Waals surface area (Å²) in [5.41, 5.74) is 2.68. The minimum Gasteiger partial charge on any atom is -0.496 e. The Morgan fingerprint density at radius 3 is 2.55 bits per heavy atom. The highest BCUT2D eigenvalue weighted by atomic mass is 16.5. The van der Waals surface area contributed by atoms with E-state index in [2.05, 4.69) is 32.6 Å². The van der Waals surface area contributed by atoms with Crippen molar-refractivity contribution in [1.82, 2.24) is 19.6 Å². The number of aromatic nitrogens is 4. The molecule has 0 amide bonds. The fourth-order valence-electron chi connectivity index (χ4n) is 4.44. The molecule has 6 nitrogen and oxygen atoms in total. The number of rotatable bonds is 4. The molecule has 5 rings (SSSR count). The zero-order valence-electron chi connectivity index (χ0n) is 16.9. The molecule has 0 saturated heterocycles. The molecule has 1 aliphatic rings. The van der Waals surface area contributed by atoms with E-state index in [0.717, 1.165) is 39.6 Å². The largest absolute Gasteiger partial charge is 0.496 e. The first-order chi connectivity index (χ1) is 14.3. The molecule has 29 heavy (non-hydrogen) atoms. The van der Waals surface area contributed by atoms with Crippen LogP contribution < -0.4 is 9.64 Å². The van der Waals surface area contributed by atoms with Crippen LogP contribution in [0.2, 0.25) is 0 Å². The molecule has 0 unspecified atom stereocenters. The van der Waals surface area contributed by atoms with E-state index in [-0.39, 0.29) is 0 Å². The monoisotopic (exact) mass is 387 g/mol. The van der Waals surface area contributed by atoms with Crippen LogP contribution in [-0.2, 0) is 0 Å². The van der Waals surface area contributed by atoms with Crippen molar-refractivity contribution in [2.45, 2.75) is 38.1 Å². The number of hydrogen-bond donors (Lipinski definition) is 0. The number of nitrogens with zero attached hydrogens (tertiary/aromatic N) is 5. The average molecular weight is 387 g/mol. The second-order valence-electron chi connectivity index (χ2n) is 7.71. The molecule has 1 aliphatic carbocycles. The summed E-state index contributed by atoms with van der Waals surface area (Å²) in [5, 5.41) is 10.2. The average Bonchev–Trinajstić information content (AvgIpc) is 3.24. The molecule has 2 aromatic heterocycles. The molecule has 0 bridgehead atoms. The van der Waals surface area contributed by atoms with Crippen LogP contribution in [0.4, 0.5) is 5.95 Å². The van der Waals surface area contributed by atoms with Gasteiger partial charge in [0.2, 0.25) is 5.95 Å². The molecule has 0 N–H and O–H groups in total. The van der Waals surface area contributed by atoms with Gasteiger partial charge < -0.3 is 9.64 Å². The van der Waals surface area contributed by atoms with Gasteiger partial charge in [-0.3, -0.25) is 0 Å². The quantitative estimate of drug-likeness (QED) is 0.507. The van der Waals surface area contributed by atoms with Gasteiger partial charge in [0.05, 0.1) is 18.2 Å². The molecule has 0 aliphatic heterocycles. The van der Waals surface area contributed by atoms with Gasteiger partial charge in [0.1, 0.15) is 5.75 Å². The fourth-order valence-corrected chi connectivity index (χ4v) is 4.44. The number of fused-ring (bicyclic) bond motifs is 3. The van der Waals surface area contributed by atoms with Crippen molar-refractivity contribution in [3.05, 3.63) is 48.5 Å². The van der Waals surface area contributed by atoms with Gasteiger partial charge in [-0.05, 0) is 37.1 Å². The Kier molecular flexibility index (Phi) is 4.54. The van der Waals surface area contributed by atoms with Crippen LogP contribution in [0.25, 0.3) is 27.9 Å². The van der Waals surface area contributed by atoms with Gasteiger partial charge in [-0.2, -0.15) is 0 Å². The lowest BCUT2D eigenvalue weighted by Crippen LogP contribution is -2.35. The lowest BCUT2D eigenvalue weighted by molar-refractivity contribution is 0.416. The number of para-hydroxylation sites is 2. The van der Waals surface area contributed by atoms with E-state index in [1.807, 2.05) is 42.5 Å². The Morgan fingerprint density at radius 1 is 0.966 bits per heavy atom. The Hall–Kier alpha value is -3.15. The highest BCUT2D eigenvalue weighted by molar-refractivity contribution is 5.93. The van der Waals surface area contributed by atoms with Gasteiger partial charge in [0.25, 0.3) is 0 Å². The normalized spacial score (nSPS) is 15.1. The van der Waals surface area contributed by atoms with Crippen molar-refractivity contribution in [1.29, 1.82) is 0 Å². The molecule has 0 radical (unpaired) electrons. The molecule has 1 fully saturated rings. The summed E-state index contributed by atoms with van der Waals surface area (Å²) >= 11 is 0.